The molecule has 20 heavy (non-hydrogen) atoms. The fourth-order valence-corrected chi connectivity index (χ4v) is 2.27. The summed E-state index contributed by atoms with van der Waals surface area (Å²) in [6.45, 7) is 1.54. The molecule has 5 nitrogen and oxygen atoms in total. The molecule has 0 aliphatic rings. The lowest BCUT2D eigenvalue weighted by atomic mass is 10.1. The Morgan fingerprint density at radius 2 is 2.25 bits per heavy atom. The van der Waals surface area contributed by atoms with Gasteiger partial charge in [-0.05, 0) is 30.7 Å². The second-order valence-corrected chi connectivity index (χ2v) is 4.77. The van der Waals surface area contributed by atoms with E-state index in [1.54, 1.807) is 10.9 Å². The summed E-state index contributed by atoms with van der Waals surface area (Å²) >= 11 is 0. The summed E-state index contributed by atoms with van der Waals surface area (Å²) in [5.41, 5.74) is 2.58. The number of aromatic amines is 1. The number of nitrogens with zero attached hydrogens (tertiary/aromatic N) is 3. The van der Waals surface area contributed by atoms with Crippen LogP contribution in [0.5, 0.6) is 0 Å². The fourth-order valence-electron chi connectivity index (χ4n) is 2.27. The molecule has 2 N–H and O–H groups in total. The van der Waals surface area contributed by atoms with Crippen LogP contribution in [0.1, 0.15) is 11.3 Å². The Labute approximate surface area is 115 Å². The Hall–Kier alpha value is -2.21. The summed E-state index contributed by atoms with van der Waals surface area (Å²) in [5, 5.41) is 15.1. The number of halogens is 1. The highest BCUT2D eigenvalue weighted by Crippen LogP contribution is 2.19. The Kier molecular flexibility index (Phi) is 3.47. The van der Waals surface area contributed by atoms with Gasteiger partial charge in [0.2, 0.25) is 0 Å². The van der Waals surface area contributed by atoms with Gasteiger partial charge in [0.1, 0.15) is 11.3 Å². The molecule has 0 saturated heterocycles. The maximum absolute atomic E-state index is 13.5. The van der Waals surface area contributed by atoms with Gasteiger partial charge in [0, 0.05) is 25.2 Å². The van der Waals surface area contributed by atoms with E-state index in [1.807, 2.05) is 25.4 Å². The van der Waals surface area contributed by atoms with Crippen molar-refractivity contribution in [1.82, 2.24) is 25.3 Å². The monoisotopic (exact) mass is 273 g/mol. The first-order valence-corrected chi connectivity index (χ1v) is 6.54. The van der Waals surface area contributed by atoms with Gasteiger partial charge in [-0.2, -0.15) is 10.2 Å². The number of hydrogen-bond acceptors (Lipinski definition) is 3. The number of rotatable bonds is 5. The topological polar surface area (TPSA) is 58.5 Å². The van der Waals surface area contributed by atoms with Crippen molar-refractivity contribution >= 4 is 10.9 Å². The van der Waals surface area contributed by atoms with Gasteiger partial charge < -0.3 is 5.32 Å². The lowest BCUT2D eigenvalue weighted by Crippen LogP contribution is -2.17. The van der Waals surface area contributed by atoms with E-state index in [9.17, 15) is 4.39 Å². The van der Waals surface area contributed by atoms with Crippen molar-refractivity contribution in [3.63, 3.8) is 0 Å². The van der Waals surface area contributed by atoms with Crippen LogP contribution >= 0.6 is 0 Å². The lowest BCUT2D eigenvalue weighted by molar-refractivity contribution is 0.634. The van der Waals surface area contributed by atoms with Gasteiger partial charge in [-0.25, -0.2) is 4.39 Å². The molecule has 0 bridgehead atoms. The van der Waals surface area contributed by atoms with Crippen molar-refractivity contribution in [2.45, 2.75) is 13.0 Å². The molecule has 0 amide bonds. The first-order chi connectivity index (χ1) is 9.74. The highest BCUT2D eigenvalue weighted by molar-refractivity contribution is 5.82. The molecule has 104 valence electrons. The summed E-state index contributed by atoms with van der Waals surface area (Å²) < 4.78 is 15.3. The number of nitrogens with one attached hydrogen (secondary N) is 2. The Morgan fingerprint density at radius 1 is 1.35 bits per heavy atom. The predicted octanol–water partition coefficient (Wildman–Crippen LogP) is 1.77. The molecule has 1 aromatic carbocycles. The van der Waals surface area contributed by atoms with Gasteiger partial charge in [0.05, 0.1) is 11.9 Å². The second-order valence-electron chi connectivity index (χ2n) is 4.77. The third-order valence-electron chi connectivity index (χ3n) is 3.30. The van der Waals surface area contributed by atoms with Crippen LogP contribution in [0.25, 0.3) is 10.9 Å². The number of H-pyrrole nitrogens is 1. The van der Waals surface area contributed by atoms with E-state index in [0.717, 1.165) is 36.2 Å². The first kappa shape index (κ1) is 12.8. The molecule has 6 heteroatoms. The van der Waals surface area contributed by atoms with Crippen LogP contribution < -0.4 is 5.32 Å². The van der Waals surface area contributed by atoms with Gasteiger partial charge in [-0.15, -0.1) is 0 Å². The summed E-state index contributed by atoms with van der Waals surface area (Å²) in [7, 11) is 1.90. The van der Waals surface area contributed by atoms with Crippen LogP contribution in [0.2, 0.25) is 0 Å². The van der Waals surface area contributed by atoms with E-state index in [1.165, 1.54) is 6.07 Å². The summed E-state index contributed by atoms with van der Waals surface area (Å²) in [5.74, 6) is -0.261. The third-order valence-corrected chi connectivity index (χ3v) is 3.30. The molecule has 0 atom stereocenters. The van der Waals surface area contributed by atoms with Gasteiger partial charge in [-0.1, -0.05) is 6.07 Å². The molecule has 0 fully saturated rings. The van der Waals surface area contributed by atoms with E-state index in [4.69, 9.17) is 0 Å². The molecule has 3 aromatic rings. The molecule has 0 unspecified atom stereocenters. The normalized spacial score (nSPS) is 11.3. The van der Waals surface area contributed by atoms with Crippen molar-refractivity contribution in [2.24, 2.45) is 7.05 Å². The zero-order valence-corrected chi connectivity index (χ0v) is 11.2. The molecule has 2 heterocycles. The molecular formula is C14H16FN5. The van der Waals surface area contributed by atoms with Crippen LogP contribution in [0.4, 0.5) is 4.39 Å². The molecule has 3 rings (SSSR count). The Balaban J connectivity index is 1.60. The van der Waals surface area contributed by atoms with Crippen molar-refractivity contribution in [3.05, 3.63) is 47.7 Å². The predicted molar refractivity (Wildman–Crippen MR) is 74.7 cm³/mol. The van der Waals surface area contributed by atoms with E-state index < -0.39 is 0 Å². The molecule has 0 aliphatic carbocycles. The van der Waals surface area contributed by atoms with Gasteiger partial charge in [-0.3, -0.25) is 9.78 Å². The Morgan fingerprint density at radius 3 is 3.05 bits per heavy atom. The summed E-state index contributed by atoms with van der Waals surface area (Å²) in [6.07, 6.45) is 4.42. The second kappa shape index (κ2) is 5.42. The molecule has 2 aromatic heterocycles. The van der Waals surface area contributed by atoms with Crippen molar-refractivity contribution in [1.29, 1.82) is 0 Å². The zero-order chi connectivity index (χ0) is 13.9. The van der Waals surface area contributed by atoms with Crippen LogP contribution in [-0.4, -0.2) is 26.5 Å². The largest absolute Gasteiger partial charge is 0.311 e. The first-order valence-electron chi connectivity index (χ1n) is 6.54. The summed E-state index contributed by atoms with van der Waals surface area (Å²) in [4.78, 5) is 0. The minimum atomic E-state index is -0.261. The van der Waals surface area contributed by atoms with Crippen molar-refractivity contribution in [2.75, 3.05) is 6.54 Å². The van der Waals surface area contributed by atoms with Crippen molar-refractivity contribution in [3.8, 4) is 0 Å². The van der Waals surface area contributed by atoms with Crippen LogP contribution in [-0.2, 0) is 20.0 Å². The van der Waals surface area contributed by atoms with Gasteiger partial charge in [0.25, 0.3) is 0 Å². The van der Waals surface area contributed by atoms with Crippen LogP contribution in [0.3, 0.4) is 0 Å². The molecule has 0 radical (unpaired) electrons. The average Bonchev–Trinajstić information content (AvgIpc) is 3.06. The van der Waals surface area contributed by atoms with E-state index in [0.29, 0.717) is 5.52 Å². The molecule has 0 spiro atoms. The minimum Gasteiger partial charge on any atom is -0.311 e. The maximum atomic E-state index is 13.5. The van der Waals surface area contributed by atoms with E-state index in [-0.39, 0.29) is 5.82 Å². The van der Waals surface area contributed by atoms with E-state index >= 15 is 0 Å². The maximum Gasteiger partial charge on any atom is 0.148 e. The number of hydrogen-bond donors (Lipinski definition) is 2. The molecule has 0 saturated carbocycles. The average molecular weight is 273 g/mol. The zero-order valence-electron chi connectivity index (χ0n) is 11.2. The van der Waals surface area contributed by atoms with Crippen molar-refractivity contribution < 1.29 is 4.39 Å². The highest BCUT2D eigenvalue weighted by Gasteiger charge is 2.07. The Bertz CT molecular complexity index is 715. The molecule has 0 aliphatic heterocycles. The number of aryl methyl sites for hydroxylation is 1. The van der Waals surface area contributed by atoms with Crippen LogP contribution in [0, 0.1) is 5.82 Å². The van der Waals surface area contributed by atoms with Crippen LogP contribution in [0.15, 0.2) is 30.6 Å². The van der Waals surface area contributed by atoms with Gasteiger partial charge in [0.15, 0.2) is 0 Å². The highest BCUT2D eigenvalue weighted by atomic mass is 19.1. The molecular weight excluding hydrogens is 257 g/mol. The number of fused-ring (bicyclic) bond motifs is 1. The fraction of sp³-hybridized carbons (Fsp3) is 0.286. The smallest absolute Gasteiger partial charge is 0.148 e. The van der Waals surface area contributed by atoms with E-state index in [2.05, 4.69) is 20.6 Å². The SMILES string of the molecule is Cn1ccc(CNCCc2ccc(F)c3[nH]ncc23)n1. The number of aromatic nitrogens is 4. The van der Waals surface area contributed by atoms with Gasteiger partial charge >= 0.3 is 0 Å². The quantitative estimate of drug-likeness (QED) is 0.697. The standard InChI is InChI=1S/C14H16FN5/c1-20-7-5-11(19-20)8-16-6-4-10-2-3-13(15)14-12(10)9-17-18-14/h2-3,5,7,9,16H,4,6,8H2,1H3,(H,17,18). The summed E-state index contributed by atoms with van der Waals surface area (Å²) in [6, 6.07) is 5.28. The minimum absolute atomic E-state index is 0.261. The third kappa shape index (κ3) is 2.55. The lowest BCUT2D eigenvalue weighted by Gasteiger charge is -2.05. The number of benzene rings is 1.